The number of hydrogen-bond acceptors (Lipinski definition) is 5. The Hall–Kier alpha value is -8.42. The topological polar surface area (TPSA) is 72.4 Å². The number of allylic oxidation sites excluding steroid dienone is 1. The van der Waals surface area contributed by atoms with Gasteiger partial charge in [0.25, 0.3) is 0 Å². The van der Waals surface area contributed by atoms with E-state index in [0.717, 1.165) is 93.9 Å². The van der Waals surface area contributed by atoms with Crippen LogP contribution < -0.4 is 15.9 Å². The van der Waals surface area contributed by atoms with E-state index in [4.69, 9.17) is 26.5 Å². The number of fused-ring (bicyclic) bond motifs is 6. The molecule has 1 aliphatic carbocycles. The summed E-state index contributed by atoms with van der Waals surface area (Å²) in [4.78, 5) is 20.9. The summed E-state index contributed by atoms with van der Waals surface area (Å²) in [6.07, 6.45) is 4.18. The summed E-state index contributed by atoms with van der Waals surface area (Å²) in [5.41, 5.74) is 11.1. The van der Waals surface area contributed by atoms with E-state index in [9.17, 15) is 0 Å². The van der Waals surface area contributed by atoms with Gasteiger partial charge in [-0.25, -0.2) is 20.0 Å². The number of benzene rings is 7. The molecular weight excluding hydrogens is 771 g/mol. The monoisotopic (exact) mass is 809 g/mol. The van der Waals surface area contributed by atoms with Crippen molar-refractivity contribution in [2.75, 3.05) is 0 Å². The lowest BCUT2D eigenvalue weighted by atomic mass is 9.87. The highest BCUT2D eigenvalue weighted by molar-refractivity contribution is 6.12. The largest absolute Gasteiger partial charge is 0.310 e. The Labute approximate surface area is 363 Å². The predicted octanol–water partition coefficient (Wildman–Crippen LogP) is 10.7. The van der Waals surface area contributed by atoms with Crippen LogP contribution in [0, 0.1) is 0 Å². The summed E-state index contributed by atoms with van der Waals surface area (Å²) in [6.45, 7) is 4.73. The van der Waals surface area contributed by atoms with E-state index in [2.05, 4.69) is 172 Å². The molecule has 0 radical (unpaired) electrons. The molecule has 298 valence electrons. The molecule has 7 aromatic carbocycles. The molecule has 0 fully saturated rings. The van der Waals surface area contributed by atoms with Gasteiger partial charge in [0.2, 0.25) is 11.9 Å². The van der Waals surface area contributed by atoms with Crippen LogP contribution in [-0.4, -0.2) is 30.9 Å². The Morgan fingerprint density at radius 3 is 1.70 bits per heavy atom. The molecule has 0 saturated heterocycles. The van der Waals surface area contributed by atoms with Gasteiger partial charge in [0.05, 0.1) is 33.3 Å². The lowest BCUT2D eigenvalue weighted by Gasteiger charge is -2.24. The first-order chi connectivity index (χ1) is 31.1. The van der Waals surface area contributed by atoms with E-state index in [0.29, 0.717) is 11.9 Å². The highest BCUT2D eigenvalue weighted by Crippen LogP contribution is 2.37. The van der Waals surface area contributed by atoms with Gasteiger partial charge in [0.1, 0.15) is 5.84 Å². The smallest absolute Gasteiger partial charge is 0.235 e. The normalized spacial score (nSPS) is 15.9. The third-order valence-electron chi connectivity index (χ3n) is 12.2. The van der Waals surface area contributed by atoms with Gasteiger partial charge in [-0.15, -0.1) is 0 Å². The van der Waals surface area contributed by atoms with Crippen molar-refractivity contribution < 1.29 is 0 Å². The molecule has 10 aromatic rings. The Balaban J connectivity index is 1.03. The van der Waals surface area contributed by atoms with E-state index < -0.39 is 6.17 Å². The highest BCUT2D eigenvalue weighted by atomic mass is 15.3. The van der Waals surface area contributed by atoms with Crippen LogP contribution in [-0.2, 0) is 0 Å². The first-order valence-electron chi connectivity index (χ1n) is 21.2. The molecule has 2 unspecified atom stereocenters. The van der Waals surface area contributed by atoms with Gasteiger partial charge in [-0.2, -0.15) is 0 Å². The van der Waals surface area contributed by atoms with E-state index in [-0.39, 0.29) is 5.92 Å². The third-order valence-corrected chi connectivity index (χ3v) is 12.2. The summed E-state index contributed by atoms with van der Waals surface area (Å²) in [6, 6.07) is 67.2. The average Bonchev–Trinajstić information content (AvgIpc) is 3.86. The van der Waals surface area contributed by atoms with Crippen LogP contribution in [0.5, 0.6) is 0 Å². The standard InChI is InChI=1S/C56H39N7/c1-36-32-51-46(43-27-15-17-29-50(43)62(51)56-60-53(39-22-10-4-11-23-39)59-54(61-56)40-24-12-5-13-25-40)34-45(36)41-30-31-44-42-26-14-16-28-49(42)63(52(44)33-41)55-57-47(37-18-6-2-7-19-37)35-48(58-55)38-20-8-3-9-21-38/h2-35,45,53H,1H2,(H,59,60,61). The average molecular weight is 810 g/mol. The fraction of sp³-hybridized carbons (Fsp3) is 0.0357. The number of para-hydroxylation sites is 2. The van der Waals surface area contributed by atoms with E-state index in [1.165, 1.54) is 0 Å². The number of aromatic nitrogens is 4. The zero-order chi connectivity index (χ0) is 41.9. The molecule has 0 saturated carbocycles. The van der Waals surface area contributed by atoms with E-state index in [1.54, 1.807) is 0 Å². The molecule has 4 heterocycles. The molecule has 1 N–H and O–H groups in total. The molecule has 0 spiro atoms. The Kier molecular flexibility index (Phi) is 8.64. The molecule has 7 heteroatoms. The maximum Gasteiger partial charge on any atom is 0.235 e. The van der Waals surface area contributed by atoms with E-state index in [1.807, 2.05) is 48.5 Å². The molecule has 7 nitrogen and oxygen atoms in total. The number of aliphatic imine (C=N–C) groups is 2. The lowest BCUT2D eigenvalue weighted by molar-refractivity contribution is 0.742. The lowest BCUT2D eigenvalue weighted by Crippen LogP contribution is -2.46. The molecule has 12 rings (SSSR count). The summed E-state index contributed by atoms with van der Waals surface area (Å²) in [5, 5.41) is 9.23. The van der Waals surface area contributed by atoms with Crippen LogP contribution in [0.25, 0.3) is 73.3 Å². The molecule has 0 amide bonds. The van der Waals surface area contributed by atoms with Gasteiger partial charge in [-0.3, -0.25) is 9.13 Å². The molecule has 2 aliphatic rings. The van der Waals surface area contributed by atoms with Gasteiger partial charge < -0.3 is 5.32 Å². The minimum absolute atomic E-state index is 0.0937. The van der Waals surface area contributed by atoms with Crippen molar-refractivity contribution in [3.05, 3.63) is 234 Å². The summed E-state index contributed by atoms with van der Waals surface area (Å²) in [5.74, 6) is 2.01. The molecule has 2 atom stereocenters. The molecular formula is C56H39N7. The van der Waals surface area contributed by atoms with Gasteiger partial charge in [-0.05, 0) is 47.0 Å². The maximum atomic E-state index is 5.28. The Morgan fingerprint density at radius 2 is 1.03 bits per heavy atom. The summed E-state index contributed by atoms with van der Waals surface area (Å²) in [7, 11) is 0. The zero-order valence-electron chi connectivity index (χ0n) is 34.2. The minimum atomic E-state index is -0.419. The van der Waals surface area contributed by atoms with Crippen molar-refractivity contribution in [1.82, 2.24) is 24.4 Å². The van der Waals surface area contributed by atoms with Gasteiger partial charge in [0, 0.05) is 44.0 Å². The molecule has 1 aliphatic heterocycles. The number of nitrogens with one attached hydrogen (secondary N) is 1. The molecule has 63 heavy (non-hydrogen) atoms. The van der Waals surface area contributed by atoms with Crippen LogP contribution >= 0.6 is 0 Å². The number of hydrogen-bond donors (Lipinski definition) is 1. The number of amidine groups is 1. The SMILES string of the molecule is C=C1C=c2c(c3ccccc3n2C2=NC(c3ccccc3)N=C(c3ccccc3)N2)=CC1c1ccc2c3ccccc3n(-c3nc(-c4ccccc4)cc(-c4ccccc4)n3)c2c1. The maximum absolute atomic E-state index is 5.28. The second kappa shape index (κ2) is 14.9. The van der Waals surface area contributed by atoms with Gasteiger partial charge in [-0.1, -0.05) is 183 Å². The predicted molar refractivity (Wildman–Crippen MR) is 257 cm³/mol. The Morgan fingerprint density at radius 1 is 0.476 bits per heavy atom. The van der Waals surface area contributed by atoms with Crippen molar-refractivity contribution in [2.24, 2.45) is 9.98 Å². The van der Waals surface area contributed by atoms with Crippen LogP contribution in [0.1, 0.15) is 28.8 Å². The van der Waals surface area contributed by atoms with Crippen LogP contribution in [0.15, 0.2) is 216 Å². The van der Waals surface area contributed by atoms with Crippen molar-refractivity contribution in [3.8, 4) is 28.5 Å². The van der Waals surface area contributed by atoms with Crippen LogP contribution in [0.3, 0.4) is 0 Å². The van der Waals surface area contributed by atoms with Gasteiger partial charge >= 0.3 is 0 Å². The highest BCUT2D eigenvalue weighted by Gasteiger charge is 2.26. The first-order valence-corrected chi connectivity index (χ1v) is 21.2. The summed E-state index contributed by atoms with van der Waals surface area (Å²) >= 11 is 0. The fourth-order valence-electron chi connectivity index (χ4n) is 9.19. The van der Waals surface area contributed by atoms with Crippen molar-refractivity contribution in [2.45, 2.75) is 12.1 Å². The molecule has 0 bridgehead atoms. The minimum Gasteiger partial charge on any atom is -0.310 e. The van der Waals surface area contributed by atoms with Gasteiger partial charge in [0.15, 0.2) is 6.17 Å². The van der Waals surface area contributed by atoms with E-state index >= 15 is 0 Å². The van der Waals surface area contributed by atoms with Crippen molar-refractivity contribution >= 4 is 56.7 Å². The number of rotatable bonds is 6. The first kappa shape index (κ1) is 36.4. The fourth-order valence-corrected chi connectivity index (χ4v) is 9.19. The third kappa shape index (κ3) is 6.29. The summed E-state index contributed by atoms with van der Waals surface area (Å²) < 4.78 is 4.46. The van der Waals surface area contributed by atoms with Crippen molar-refractivity contribution in [1.29, 1.82) is 0 Å². The number of nitrogens with zero attached hydrogens (tertiary/aromatic N) is 6. The van der Waals surface area contributed by atoms with Crippen molar-refractivity contribution in [3.63, 3.8) is 0 Å². The second-order valence-electron chi connectivity index (χ2n) is 16.0. The quantitative estimate of drug-likeness (QED) is 0.182. The second-order valence-corrected chi connectivity index (χ2v) is 16.0. The van der Waals surface area contributed by atoms with Crippen LogP contribution in [0.2, 0.25) is 0 Å². The Bertz CT molecular complexity index is 3550. The molecule has 3 aromatic heterocycles. The van der Waals surface area contributed by atoms with Crippen LogP contribution in [0.4, 0.5) is 0 Å². The zero-order valence-corrected chi connectivity index (χ0v) is 34.2.